The molecule has 0 aromatic heterocycles. The lowest BCUT2D eigenvalue weighted by Gasteiger charge is -2.39. The summed E-state index contributed by atoms with van der Waals surface area (Å²) in [5.41, 5.74) is 1.66. The average molecular weight is 497 g/mol. The Balaban J connectivity index is 1.58. The van der Waals surface area contributed by atoms with Crippen molar-refractivity contribution in [3.8, 4) is 17.2 Å². The van der Waals surface area contributed by atoms with Crippen LogP contribution in [-0.4, -0.2) is 53.8 Å². The van der Waals surface area contributed by atoms with Gasteiger partial charge in [-0.25, -0.2) is 8.42 Å². The first-order valence-electron chi connectivity index (χ1n) is 11.6. The predicted molar refractivity (Wildman–Crippen MR) is 137 cm³/mol. The van der Waals surface area contributed by atoms with Gasteiger partial charge in [-0.15, -0.1) is 0 Å². The van der Waals surface area contributed by atoms with Crippen molar-refractivity contribution in [2.75, 3.05) is 38.7 Å². The zero-order chi connectivity index (χ0) is 24.8. The monoisotopic (exact) mass is 496 g/mol. The number of hydrogen-bond donors (Lipinski definition) is 0. The third-order valence-corrected chi connectivity index (χ3v) is 8.27. The molecule has 0 radical (unpaired) electrons. The molecule has 186 valence electrons. The van der Waals surface area contributed by atoms with Gasteiger partial charge in [0.15, 0.2) is 11.5 Å². The van der Waals surface area contributed by atoms with Crippen LogP contribution in [0.25, 0.3) is 0 Å². The first-order valence-corrected chi connectivity index (χ1v) is 13.1. The zero-order valence-electron chi connectivity index (χ0n) is 20.4. The molecule has 0 saturated carbocycles. The highest BCUT2D eigenvalue weighted by Crippen LogP contribution is 2.35. The van der Waals surface area contributed by atoms with E-state index in [1.54, 1.807) is 56.0 Å². The van der Waals surface area contributed by atoms with Crippen molar-refractivity contribution >= 4 is 15.7 Å². The number of sulfonamides is 1. The molecule has 0 unspecified atom stereocenters. The number of para-hydroxylation sites is 1. The number of benzene rings is 3. The summed E-state index contributed by atoms with van der Waals surface area (Å²) in [5, 5.41) is 0. The van der Waals surface area contributed by atoms with Crippen LogP contribution in [0.1, 0.15) is 18.4 Å². The molecule has 1 saturated heterocycles. The van der Waals surface area contributed by atoms with Gasteiger partial charge in [-0.1, -0.05) is 36.4 Å². The summed E-state index contributed by atoms with van der Waals surface area (Å²) in [6, 6.07) is 21.6. The fourth-order valence-electron chi connectivity index (χ4n) is 4.63. The Morgan fingerprint density at radius 3 is 2.23 bits per heavy atom. The molecule has 3 aromatic carbocycles. The van der Waals surface area contributed by atoms with E-state index in [-0.39, 0.29) is 10.9 Å². The smallest absolute Gasteiger partial charge is 0.264 e. The Hall–Kier alpha value is -3.23. The van der Waals surface area contributed by atoms with Gasteiger partial charge >= 0.3 is 0 Å². The van der Waals surface area contributed by atoms with Crippen LogP contribution in [0.3, 0.4) is 0 Å². The maximum atomic E-state index is 13.8. The summed E-state index contributed by atoms with van der Waals surface area (Å²) < 4.78 is 45.6. The van der Waals surface area contributed by atoms with Crippen molar-refractivity contribution in [2.45, 2.75) is 30.3 Å². The lowest BCUT2D eigenvalue weighted by Crippen LogP contribution is -2.47. The Labute approximate surface area is 207 Å². The van der Waals surface area contributed by atoms with E-state index in [0.29, 0.717) is 36.6 Å². The second-order valence-corrected chi connectivity index (χ2v) is 10.3. The lowest BCUT2D eigenvalue weighted by molar-refractivity contribution is 0.203. The molecule has 1 aliphatic rings. The van der Waals surface area contributed by atoms with Crippen LogP contribution in [0.2, 0.25) is 0 Å². The van der Waals surface area contributed by atoms with Gasteiger partial charge in [0, 0.05) is 37.3 Å². The van der Waals surface area contributed by atoms with Crippen molar-refractivity contribution in [1.29, 1.82) is 0 Å². The van der Waals surface area contributed by atoms with Crippen molar-refractivity contribution in [2.24, 2.45) is 0 Å². The van der Waals surface area contributed by atoms with Gasteiger partial charge in [0.25, 0.3) is 10.0 Å². The van der Waals surface area contributed by atoms with Gasteiger partial charge in [0.2, 0.25) is 0 Å². The SMILES string of the molecule is COc1cccc(N(C2CCN(Cc3cccc(OC)c3OC)CC2)S(=O)(=O)c2ccccc2)c1. The van der Waals surface area contributed by atoms with E-state index >= 15 is 0 Å². The molecule has 0 N–H and O–H groups in total. The van der Waals surface area contributed by atoms with E-state index in [1.165, 1.54) is 0 Å². The second kappa shape index (κ2) is 11.0. The topological polar surface area (TPSA) is 68.3 Å². The molecule has 1 aliphatic heterocycles. The van der Waals surface area contributed by atoms with E-state index in [0.717, 1.165) is 24.4 Å². The third kappa shape index (κ3) is 5.39. The van der Waals surface area contributed by atoms with Crippen LogP contribution in [0.15, 0.2) is 77.7 Å². The van der Waals surface area contributed by atoms with Gasteiger partial charge in [-0.3, -0.25) is 9.21 Å². The number of hydrogen-bond acceptors (Lipinski definition) is 6. The normalized spacial score (nSPS) is 14.9. The first kappa shape index (κ1) is 24.9. The third-order valence-electron chi connectivity index (χ3n) is 6.38. The van der Waals surface area contributed by atoms with Gasteiger partial charge < -0.3 is 14.2 Å². The molecule has 0 amide bonds. The maximum Gasteiger partial charge on any atom is 0.264 e. The minimum Gasteiger partial charge on any atom is -0.497 e. The number of piperidine rings is 1. The molecule has 7 nitrogen and oxygen atoms in total. The summed E-state index contributed by atoms with van der Waals surface area (Å²) in [6.07, 6.45) is 1.41. The van der Waals surface area contributed by atoms with Gasteiger partial charge in [-0.05, 0) is 43.2 Å². The second-order valence-electron chi connectivity index (χ2n) is 8.48. The van der Waals surface area contributed by atoms with E-state index in [1.807, 2.05) is 42.5 Å². The van der Waals surface area contributed by atoms with Crippen LogP contribution in [-0.2, 0) is 16.6 Å². The Morgan fingerprint density at radius 1 is 0.857 bits per heavy atom. The average Bonchev–Trinajstić information content (AvgIpc) is 2.90. The molecule has 0 atom stereocenters. The Bertz CT molecular complexity index is 1230. The van der Waals surface area contributed by atoms with Crippen LogP contribution in [0, 0.1) is 0 Å². The van der Waals surface area contributed by atoms with Crippen molar-refractivity contribution < 1.29 is 22.6 Å². The summed E-state index contributed by atoms with van der Waals surface area (Å²) in [6.45, 7) is 2.23. The molecule has 0 aliphatic carbocycles. The predicted octanol–water partition coefficient (Wildman–Crippen LogP) is 4.57. The summed E-state index contributed by atoms with van der Waals surface area (Å²) >= 11 is 0. The molecular formula is C27H32N2O5S. The van der Waals surface area contributed by atoms with Crippen LogP contribution < -0.4 is 18.5 Å². The van der Waals surface area contributed by atoms with E-state index in [4.69, 9.17) is 14.2 Å². The quantitative estimate of drug-likeness (QED) is 0.432. The number of likely N-dealkylation sites (tertiary alicyclic amines) is 1. The first-order chi connectivity index (χ1) is 17.0. The highest BCUT2D eigenvalue weighted by molar-refractivity contribution is 7.92. The van der Waals surface area contributed by atoms with Gasteiger partial charge in [0.1, 0.15) is 5.75 Å². The van der Waals surface area contributed by atoms with E-state index in [2.05, 4.69) is 4.90 Å². The molecule has 0 bridgehead atoms. The minimum absolute atomic E-state index is 0.171. The highest BCUT2D eigenvalue weighted by atomic mass is 32.2. The summed E-state index contributed by atoms with van der Waals surface area (Å²) in [5.74, 6) is 2.07. The Morgan fingerprint density at radius 2 is 1.57 bits per heavy atom. The fraction of sp³-hybridized carbons (Fsp3) is 0.333. The number of rotatable bonds is 9. The Kier molecular flexibility index (Phi) is 7.83. The molecule has 35 heavy (non-hydrogen) atoms. The van der Waals surface area contributed by atoms with Crippen LogP contribution >= 0.6 is 0 Å². The standard InChI is InChI=1S/C27H32N2O5S/c1-32-24-11-8-10-23(19-24)29(35(30,31)25-12-5-4-6-13-25)22-15-17-28(18-16-22)20-21-9-7-14-26(33-2)27(21)34-3/h4-14,19,22H,15-18,20H2,1-3H3. The van der Waals surface area contributed by atoms with Crippen molar-refractivity contribution in [3.63, 3.8) is 0 Å². The molecule has 4 rings (SSSR count). The maximum absolute atomic E-state index is 13.8. The number of anilines is 1. The van der Waals surface area contributed by atoms with Crippen molar-refractivity contribution in [3.05, 3.63) is 78.4 Å². The number of ether oxygens (including phenoxy) is 3. The van der Waals surface area contributed by atoms with Gasteiger partial charge in [-0.2, -0.15) is 0 Å². The molecule has 1 fully saturated rings. The number of nitrogens with zero attached hydrogens (tertiary/aromatic N) is 2. The minimum atomic E-state index is -3.75. The molecule has 1 heterocycles. The molecule has 8 heteroatoms. The zero-order valence-corrected chi connectivity index (χ0v) is 21.2. The lowest BCUT2D eigenvalue weighted by atomic mass is 10.0. The van der Waals surface area contributed by atoms with Crippen LogP contribution in [0.5, 0.6) is 17.2 Å². The highest BCUT2D eigenvalue weighted by Gasteiger charge is 2.34. The fourth-order valence-corrected chi connectivity index (χ4v) is 6.35. The summed E-state index contributed by atoms with van der Waals surface area (Å²) in [4.78, 5) is 2.61. The molecule has 3 aromatic rings. The summed E-state index contributed by atoms with van der Waals surface area (Å²) in [7, 11) is 1.11. The molecule has 0 spiro atoms. The van der Waals surface area contributed by atoms with Gasteiger partial charge in [0.05, 0.1) is 31.9 Å². The van der Waals surface area contributed by atoms with E-state index in [9.17, 15) is 8.42 Å². The van der Waals surface area contributed by atoms with Crippen molar-refractivity contribution in [1.82, 2.24) is 4.90 Å². The van der Waals surface area contributed by atoms with E-state index < -0.39 is 10.0 Å². The number of methoxy groups -OCH3 is 3. The molecular weight excluding hydrogens is 464 g/mol. The van der Waals surface area contributed by atoms with Crippen LogP contribution in [0.4, 0.5) is 5.69 Å². The largest absolute Gasteiger partial charge is 0.497 e.